The summed E-state index contributed by atoms with van der Waals surface area (Å²) in [5.74, 6) is 1.21. The predicted molar refractivity (Wildman–Crippen MR) is 126 cm³/mol. The van der Waals surface area contributed by atoms with Crippen LogP contribution in [0.25, 0.3) is 0 Å². The van der Waals surface area contributed by atoms with Crippen LogP contribution in [0.4, 0.5) is 5.69 Å². The second-order valence-electron chi connectivity index (χ2n) is 7.77. The molecule has 1 heterocycles. The fourth-order valence-electron chi connectivity index (χ4n) is 3.69. The molecule has 1 fully saturated rings. The number of rotatable bonds is 9. The Morgan fingerprint density at radius 1 is 0.939 bits per heavy atom. The molecule has 9 nitrogen and oxygen atoms in total. The van der Waals surface area contributed by atoms with Crippen LogP contribution in [0, 0.1) is 6.92 Å². The van der Waals surface area contributed by atoms with Crippen LogP contribution in [0.1, 0.15) is 12.0 Å². The van der Waals surface area contributed by atoms with E-state index in [4.69, 9.17) is 14.2 Å². The van der Waals surface area contributed by atoms with E-state index in [2.05, 4.69) is 10.2 Å². The summed E-state index contributed by atoms with van der Waals surface area (Å²) in [5.41, 5.74) is 1.56. The van der Waals surface area contributed by atoms with Crippen LogP contribution in [0.15, 0.2) is 41.3 Å². The summed E-state index contributed by atoms with van der Waals surface area (Å²) in [4.78, 5) is 14.9. The third-order valence-electron chi connectivity index (χ3n) is 5.59. The summed E-state index contributed by atoms with van der Waals surface area (Å²) in [5, 5.41) is 2.85. The van der Waals surface area contributed by atoms with Gasteiger partial charge in [0.2, 0.25) is 21.7 Å². The van der Waals surface area contributed by atoms with Crippen molar-refractivity contribution in [3.8, 4) is 17.2 Å². The normalized spacial score (nSPS) is 15.2. The van der Waals surface area contributed by atoms with E-state index >= 15 is 0 Å². The van der Waals surface area contributed by atoms with Crippen molar-refractivity contribution in [2.24, 2.45) is 0 Å². The number of hydrogen-bond donors (Lipinski definition) is 1. The Balaban J connectivity index is 1.52. The monoisotopic (exact) mass is 477 g/mol. The van der Waals surface area contributed by atoms with Crippen molar-refractivity contribution in [1.29, 1.82) is 0 Å². The first-order valence-corrected chi connectivity index (χ1v) is 12.1. The lowest BCUT2D eigenvalue weighted by atomic mass is 10.2. The largest absolute Gasteiger partial charge is 0.493 e. The average molecular weight is 478 g/mol. The van der Waals surface area contributed by atoms with Crippen LogP contribution < -0.4 is 19.5 Å². The molecule has 0 bridgehead atoms. The Bertz CT molecular complexity index is 1040. The van der Waals surface area contributed by atoms with Crippen molar-refractivity contribution in [2.45, 2.75) is 18.2 Å². The third kappa shape index (κ3) is 5.95. The first-order valence-electron chi connectivity index (χ1n) is 10.7. The number of methoxy groups -OCH3 is 3. The van der Waals surface area contributed by atoms with Crippen molar-refractivity contribution in [3.05, 3.63) is 42.0 Å². The standard InChI is InChI=1S/C23H31N3O6S/c1-17-5-7-19(8-6-17)33(28,29)26-13-11-25(12-14-26)10-9-22(27)24-18-15-20(30-2)23(32-4)21(16-18)31-3/h5-8,15-16H,9-14H2,1-4H3,(H,24,27). The molecule has 0 atom stereocenters. The van der Waals surface area contributed by atoms with E-state index < -0.39 is 10.0 Å². The van der Waals surface area contributed by atoms with Crippen LogP contribution in [0.3, 0.4) is 0 Å². The zero-order valence-corrected chi connectivity index (χ0v) is 20.3. The van der Waals surface area contributed by atoms with E-state index in [0.29, 0.717) is 60.6 Å². The van der Waals surface area contributed by atoms with E-state index in [0.717, 1.165) is 5.56 Å². The zero-order chi connectivity index (χ0) is 24.0. The molecule has 0 aromatic heterocycles. The van der Waals surface area contributed by atoms with Gasteiger partial charge in [-0.25, -0.2) is 8.42 Å². The molecule has 3 rings (SSSR count). The van der Waals surface area contributed by atoms with E-state index in [9.17, 15) is 13.2 Å². The molecule has 1 saturated heterocycles. The molecule has 1 aliphatic heterocycles. The number of amides is 1. The molecule has 0 aliphatic carbocycles. The maximum absolute atomic E-state index is 12.8. The number of nitrogens with zero attached hydrogens (tertiary/aromatic N) is 2. The lowest BCUT2D eigenvalue weighted by Gasteiger charge is -2.33. The fraction of sp³-hybridized carbons (Fsp3) is 0.435. The number of ether oxygens (including phenoxy) is 3. The summed E-state index contributed by atoms with van der Waals surface area (Å²) in [6.07, 6.45) is 0.279. The summed E-state index contributed by atoms with van der Waals surface area (Å²) in [7, 11) is 1.05. The highest BCUT2D eigenvalue weighted by Crippen LogP contribution is 2.39. The van der Waals surface area contributed by atoms with Gasteiger partial charge in [0.25, 0.3) is 0 Å². The average Bonchev–Trinajstić information content (AvgIpc) is 2.82. The molecule has 0 radical (unpaired) electrons. The summed E-state index contributed by atoms with van der Waals surface area (Å²) < 4.78 is 43.1. The number of sulfonamides is 1. The van der Waals surface area contributed by atoms with E-state index in [1.807, 2.05) is 6.92 Å². The number of benzene rings is 2. The predicted octanol–water partition coefficient (Wildman–Crippen LogP) is 2.36. The lowest BCUT2D eigenvalue weighted by molar-refractivity contribution is -0.116. The van der Waals surface area contributed by atoms with Gasteiger partial charge >= 0.3 is 0 Å². The molecule has 180 valence electrons. The van der Waals surface area contributed by atoms with Gasteiger partial charge in [0, 0.05) is 57.0 Å². The fourth-order valence-corrected chi connectivity index (χ4v) is 5.11. The molecule has 2 aromatic rings. The molecule has 1 aliphatic rings. The van der Waals surface area contributed by atoms with E-state index in [-0.39, 0.29) is 12.3 Å². The SMILES string of the molecule is COc1cc(NC(=O)CCN2CCN(S(=O)(=O)c3ccc(C)cc3)CC2)cc(OC)c1OC. The highest BCUT2D eigenvalue weighted by atomic mass is 32.2. The van der Waals surface area contributed by atoms with Crippen LogP contribution in [-0.2, 0) is 14.8 Å². The maximum atomic E-state index is 12.8. The zero-order valence-electron chi connectivity index (χ0n) is 19.5. The molecule has 0 saturated carbocycles. The second-order valence-corrected chi connectivity index (χ2v) is 9.71. The minimum Gasteiger partial charge on any atom is -0.493 e. The minimum atomic E-state index is -3.50. The van der Waals surface area contributed by atoms with Gasteiger partial charge in [-0.05, 0) is 19.1 Å². The molecule has 1 amide bonds. The molecular weight excluding hydrogens is 446 g/mol. The number of aryl methyl sites for hydroxylation is 1. The molecular formula is C23H31N3O6S. The Morgan fingerprint density at radius 3 is 2.03 bits per heavy atom. The van der Waals surface area contributed by atoms with Gasteiger partial charge in [0.1, 0.15) is 0 Å². The first kappa shape index (κ1) is 24.8. The van der Waals surface area contributed by atoms with Crippen molar-refractivity contribution >= 4 is 21.6 Å². The molecule has 10 heteroatoms. The molecule has 1 N–H and O–H groups in total. The van der Waals surface area contributed by atoms with Crippen LogP contribution >= 0.6 is 0 Å². The lowest BCUT2D eigenvalue weighted by Crippen LogP contribution is -2.49. The van der Waals surface area contributed by atoms with E-state index in [1.165, 1.54) is 25.6 Å². The smallest absolute Gasteiger partial charge is 0.243 e. The van der Waals surface area contributed by atoms with Gasteiger partial charge in [-0.1, -0.05) is 17.7 Å². The summed E-state index contributed by atoms with van der Waals surface area (Å²) in [6.45, 7) is 4.39. The highest BCUT2D eigenvalue weighted by Gasteiger charge is 2.28. The van der Waals surface area contributed by atoms with Gasteiger partial charge in [-0.2, -0.15) is 4.31 Å². The quantitative estimate of drug-likeness (QED) is 0.592. The minimum absolute atomic E-state index is 0.154. The van der Waals surface area contributed by atoms with Crippen molar-refractivity contribution in [2.75, 3.05) is 59.4 Å². The van der Waals surface area contributed by atoms with E-state index in [1.54, 1.807) is 36.4 Å². The number of hydrogen-bond acceptors (Lipinski definition) is 7. The van der Waals surface area contributed by atoms with Gasteiger partial charge in [-0.15, -0.1) is 0 Å². The molecule has 2 aromatic carbocycles. The van der Waals surface area contributed by atoms with Gasteiger partial charge < -0.3 is 24.4 Å². The topological polar surface area (TPSA) is 97.4 Å². The second kappa shape index (κ2) is 10.9. The van der Waals surface area contributed by atoms with Crippen LogP contribution in [0.2, 0.25) is 0 Å². The number of carbonyl (C=O) groups excluding carboxylic acids is 1. The van der Waals surface area contributed by atoms with Gasteiger partial charge in [0.15, 0.2) is 11.5 Å². The third-order valence-corrected chi connectivity index (χ3v) is 7.51. The number of nitrogens with one attached hydrogen (secondary N) is 1. The maximum Gasteiger partial charge on any atom is 0.243 e. The Labute approximate surface area is 195 Å². The van der Waals surface area contributed by atoms with Gasteiger partial charge in [0.05, 0.1) is 26.2 Å². The number of piperazine rings is 1. The first-order chi connectivity index (χ1) is 15.8. The molecule has 0 spiro atoms. The number of carbonyl (C=O) groups is 1. The highest BCUT2D eigenvalue weighted by molar-refractivity contribution is 7.89. The van der Waals surface area contributed by atoms with Crippen LogP contribution in [0.5, 0.6) is 17.2 Å². The Hall–Kier alpha value is -2.82. The van der Waals surface area contributed by atoms with Crippen molar-refractivity contribution in [1.82, 2.24) is 9.21 Å². The Kier molecular flexibility index (Phi) is 8.17. The van der Waals surface area contributed by atoms with Crippen molar-refractivity contribution < 1.29 is 27.4 Å². The van der Waals surface area contributed by atoms with Crippen molar-refractivity contribution in [3.63, 3.8) is 0 Å². The Morgan fingerprint density at radius 2 is 1.52 bits per heavy atom. The van der Waals surface area contributed by atoms with Crippen LogP contribution in [-0.4, -0.2) is 77.6 Å². The number of anilines is 1. The van der Waals surface area contributed by atoms with Gasteiger partial charge in [-0.3, -0.25) is 4.79 Å². The molecule has 0 unspecified atom stereocenters. The summed E-state index contributed by atoms with van der Waals surface area (Å²) in [6, 6.07) is 10.2. The molecule has 33 heavy (non-hydrogen) atoms. The summed E-state index contributed by atoms with van der Waals surface area (Å²) >= 11 is 0.